The first-order chi connectivity index (χ1) is 7.65. The molecule has 82 valence electrons. The summed E-state index contributed by atoms with van der Waals surface area (Å²) in [5.74, 6) is 0. The van der Waals surface area contributed by atoms with E-state index in [4.69, 9.17) is 28.9 Å². The lowest BCUT2D eigenvalue weighted by Gasteiger charge is -2.04. The summed E-state index contributed by atoms with van der Waals surface area (Å²) in [6.07, 6.45) is 0.807. The first-order valence-corrected chi connectivity index (χ1v) is 5.69. The monoisotopic (exact) mass is 251 g/mol. The Kier molecular flexibility index (Phi) is 3.37. The second-order valence-electron chi connectivity index (χ2n) is 3.67. The zero-order chi connectivity index (χ0) is 11.5. The number of nitrogens with two attached hydrogens (primary N) is 1. The average molecular weight is 252 g/mol. The lowest BCUT2D eigenvalue weighted by atomic mass is 10.0. The Morgan fingerprint density at radius 3 is 2.31 bits per heavy atom. The summed E-state index contributed by atoms with van der Waals surface area (Å²) in [5.41, 5.74) is 8.78. The fourth-order valence-corrected chi connectivity index (χ4v) is 1.91. The number of nitrogen functional groups attached to an aromatic ring is 1. The Morgan fingerprint density at radius 2 is 1.62 bits per heavy atom. The minimum absolute atomic E-state index is 0.581. The Hall–Kier alpha value is -1.18. The van der Waals surface area contributed by atoms with Crippen LogP contribution in [0.15, 0.2) is 42.5 Å². The van der Waals surface area contributed by atoms with Gasteiger partial charge in [-0.05, 0) is 41.8 Å². The van der Waals surface area contributed by atoms with Crippen LogP contribution in [0, 0.1) is 0 Å². The molecule has 0 atom stereocenters. The van der Waals surface area contributed by atoms with E-state index in [1.54, 1.807) is 0 Å². The van der Waals surface area contributed by atoms with Gasteiger partial charge in [0.15, 0.2) is 0 Å². The summed E-state index contributed by atoms with van der Waals surface area (Å²) in [4.78, 5) is 0. The first-order valence-electron chi connectivity index (χ1n) is 4.93. The maximum atomic E-state index is 5.95. The van der Waals surface area contributed by atoms with E-state index in [-0.39, 0.29) is 0 Å². The van der Waals surface area contributed by atoms with Gasteiger partial charge in [-0.25, -0.2) is 0 Å². The standard InChI is InChI=1S/C13H11Cl2N/c14-12-5-4-10(8-13(12)15)6-9-2-1-3-11(16)7-9/h1-5,7-8H,6,16H2. The SMILES string of the molecule is Nc1cccc(Cc2ccc(Cl)c(Cl)c2)c1. The number of halogens is 2. The normalized spacial score (nSPS) is 10.4. The third-order valence-electron chi connectivity index (χ3n) is 2.34. The van der Waals surface area contributed by atoms with Crippen molar-refractivity contribution in [1.82, 2.24) is 0 Å². The highest BCUT2D eigenvalue weighted by Crippen LogP contribution is 2.24. The van der Waals surface area contributed by atoms with Crippen molar-refractivity contribution in [3.05, 3.63) is 63.6 Å². The summed E-state index contributed by atoms with van der Waals surface area (Å²) in [6, 6.07) is 13.5. The Morgan fingerprint density at radius 1 is 0.875 bits per heavy atom. The molecule has 0 amide bonds. The fourth-order valence-electron chi connectivity index (χ4n) is 1.59. The minimum Gasteiger partial charge on any atom is -0.399 e. The van der Waals surface area contributed by atoms with Gasteiger partial charge in [-0.15, -0.1) is 0 Å². The number of anilines is 1. The van der Waals surface area contributed by atoms with Crippen molar-refractivity contribution in [2.45, 2.75) is 6.42 Å². The molecule has 3 heteroatoms. The molecule has 0 spiro atoms. The molecule has 0 aliphatic rings. The van der Waals surface area contributed by atoms with E-state index in [9.17, 15) is 0 Å². The average Bonchev–Trinajstić information content (AvgIpc) is 2.24. The fraction of sp³-hybridized carbons (Fsp3) is 0.0769. The molecule has 16 heavy (non-hydrogen) atoms. The van der Waals surface area contributed by atoms with Crippen LogP contribution in [0.2, 0.25) is 10.0 Å². The van der Waals surface area contributed by atoms with Crippen LogP contribution in [0.1, 0.15) is 11.1 Å². The zero-order valence-electron chi connectivity index (χ0n) is 8.58. The smallest absolute Gasteiger partial charge is 0.0595 e. The molecular formula is C13H11Cl2N. The predicted octanol–water partition coefficient (Wildman–Crippen LogP) is 4.17. The maximum absolute atomic E-state index is 5.95. The van der Waals surface area contributed by atoms with Gasteiger partial charge in [0.2, 0.25) is 0 Å². The van der Waals surface area contributed by atoms with E-state index >= 15 is 0 Å². The van der Waals surface area contributed by atoms with Gasteiger partial charge in [-0.3, -0.25) is 0 Å². The minimum atomic E-state index is 0.581. The molecule has 0 aromatic heterocycles. The van der Waals surface area contributed by atoms with Crippen LogP contribution < -0.4 is 5.73 Å². The molecule has 2 N–H and O–H groups in total. The molecule has 2 aromatic carbocycles. The molecule has 0 bridgehead atoms. The van der Waals surface area contributed by atoms with E-state index in [0.717, 1.165) is 17.7 Å². The predicted molar refractivity (Wildman–Crippen MR) is 70.1 cm³/mol. The molecule has 0 radical (unpaired) electrons. The summed E-state index contributed by atoms with van der Waals surface area (Å²) < 4.78 is 0. The van der Waals surface area contributed by atoms with Crippen LogP contribution in [-0.2, 0) is 6.42 Å². The molecule has 0 fully saturated rings. The van der Waals surface area contributed by atoms with Crippen molar-refractivity contribution in [1.29, 1.82) is 0 Å². The number of hydrogen-bond donors (Lipinski definition) is 1. The van der Waals surface area contributed by atoms with Crippen molar-refractivity contribution < 1.29 is 0 Å². The quantitative estimate of drug-likeness (QED) is 0.797. The Balaban J connectivity index is 2.24. The van der Waals surface area contributed by atoms with Gasteiger partial charge in [0.05, 0.1) is 10.0 Å². The summed E-state index contributed by atoms with van der Waals surface area (Å²) in [7, 11) is 0. The zero-order valence-corrected chi connectivity index (χ0v) is 10.1. The summed E-state index contributed by atoms with van der Waals surface area (Å²) >= 11 is 11.8. The van der Waals surface area contributed by atoms with Crippen LogP contribution >= 0.6 is 23.2 Å². The van der Waals surface area contributed by atoms with Gasteiger partial charge in [0.25, 0.3) is 0 Å². The van der Waals surface area contributed by atoms with E-state index in [1.807, 2.05) is 42.5 Å². The molecule has 0 aliphatic carbocycles. The highest BCUT2D eigenvalue weighted by atomic mass is 35.5. The van der Waals surface area contributed by atoms with Crippen molar-refractivity contribution in [3.63, 3.8) is 0 Å². The third-order valence-corrected chi connectivity index (χ3v) is 3.08. The first kappa shape index (κ1) is 11.3. The molecule has 0 saturated carbocycles. The maximum Gasteiger partial charge on any atom is 0.0595 e. The second kappa shape index (κ2) is 4.77. The lowest BCUT2D eigenvalue weighted by molar-refractivity contribution is 1.19. The van der Waals surface area contributed by atoms with Crippen LogP contribution in [0.5, 0.6) is 0 Å². The van der Waals surface area contributed by atoms with E-state index in [0.29, 0.717) is 10.0 Å². The van der Waals surface area contributed by atoms with E-state index in [2.05, 4.69) is 0 Å². The van der Waals surface area contributed by atoms with Crippen molar-refractivity contribution in [2.24, 2.45) is 0 Å². The van der Waals surface area contributed by atoms with Crippen molar-refractivity contribution in [2.75, 3.05) is 5.73 Å². The lowest BCUT2D eigenvalue weighted by Crippen LogP contribution is -1.91. The highest BCUT2D eigenvalue weighted by molar-refractivity contribution is 6.42. The number of benzene rings is 2. The number of rotatable bonds is 2. The van der Waals surface area contributed by atoms with Crippen LogP contribution in [-0.4, -0.2) is 0 Å². The molecule has 0 heterocycles. The van der Waals surface area contributed by atoms with E-state index in [1.165, 1.54) is 5.56 Å². The van der Waals surface area contributed by atoms with Gasteiger partial charge in [0.1, 0.15) is 0 Å². The highest BCUT2D eigenvalue weighted by Gasteiger charge is 2.01. The molecule has 0 unspecified atom stereocenters. The summed E-state index contributed by atoms with van der Waals surface area (Å²) in [6.45, 7) is 0. The number of hydrogen-bond acceptors (Lipinski definition) is 1. The molecule has 2 aromatic rings. The van der Waals surface area contributed by atoms with Gasteiger partial charge < -0.3 is 5.73 Å². The topological polar surface area (TPSA) is 26.0 Å². The third kappa shape index (κ3) is 2.69. The largest absolute Gasteiger partial charge is 0.399 e. The van der Waals surface area contributed by atoms with Crippen molar-refractivity contribution >= 4 is 28.9 Å². The van der Waals surface area contributed by atoms with Gasteiger partial charge in [0, 0.05) is 5.69 Å². The van der Waals surface area contributed by atoms with Gasteiger partial charge in [-0.2, -0.15) is 0 Å². The van der Waals surface area contributed by atoms with Gasteiger partial charge in [-0.1, -0.05) is 41.4 Å². The molecule has 1 nitrogen and oxygen atoms in total. The Labute approximate surface area is 105 Å². The molecule has 0 saturated heterocycles. The van der Waals surface area contributed by atoms with E-state index < -0.39 is 0 Å². The van der Waals surface area contributed by atoms with Crippen molar-refractivity contribution in [3.8, 4) is 0 Å². The van der Waals surface area contributed by atoms with Gasteiger partial charge >= 0.3 is 0 Å². The molecular weight excluding hydrogens is 241 g/mol. The molecule has 0 aliphatic heterocycles. The van der Waals surface area contributed by atoms with Crippen LogP contribution in [0.4, 0.5) is 5.69 Å². The van der Waals surface area contributed by atoms with Crippen LogP contribution in [0.3, 0.4) is 0 Å². The second-order valence-corrected chi connectivity index (χ2v) is 4.48. The Bertz CT molecular complexity index is 509. The van der Waals surface area contributed by atoms with Crippen LogP contribution in [0.25, 0.3) is 0 Å². The molecule has 2 rings (SSSR count). The summed E-state index contributed by atoms with van der Waals surface area (Å²) in [5, 5.41) is 1.17.